The minimum Gasteiger partial charge on any atom is -0.497 e. The Kier molecular flexibility index (Phi) is 5.54. The molecule has 0 aliphatic heterocycles. The average molecular weight is 530 g/mol. The Labute approximate surface area is 216 Å². The first-order valence-electron chi connectivity index (χ1n) is 10.8. The van der Waals surface area contributed by atoms with Crippen LogP contribution < -0.4 is 10.1 Å². The fourth-order valence-corrected chi connectivity index (χ4v) is 5.13. The Hall–Kier alpha value is -4.75. The number of hydrogen-bond donors (Lipinski definition) is 1. The summed E-state index contributed by atoms with van der Waals surface area (Å²) in [6.45, 7) is 0. The van der Waals surface area contributed by atoms with Gasteiger partial charge in [0, 0.05) is 11.6 Å². The van der Waals surface area contributed by atoms with Crippen molar-refractivity contribution < 1.29 is 14.5 Å². The quantitative estimate of drug-likeness (QED) is 0.226. The molecule has 0 fully saturated rings. The van der Waals surface area contributed by atoms with E-state index in [9.17, 15) is 14.9 Å². The van der Waals surface area contributed by atoms with Crippen LogP contribution in [0.3, 0.4) is 0 Å². The summed E-state index contributed by atoms with van der Waals surface area (Å²) in [5.41, 5.74) is 4.50. The fraction of sp³-hybridized carbons (Fsp3) is 0.0417. The van der Waals surface area contributed by atoms with E-state index in [0.29, 0.717) is 28.2 Å². The number of ether oxygens (including phenoxy) is 1. The normalized spacial score (nSPS) is 11.2. The number of carbonyl (C=O) groups is 1. The predicted molar refractivity (Wildman–Crippen MR) is 141 cm³/mol. The highest BCUT2D eigenvalue weighted by Crippen LogP contribution is 2.31. The van der Waals surface area contributed by atoms with Crippen LogP contribution in [0.15, 0.2) is 66.3 Å². The molecule has 0 spiro atoms. The van der Waals surface area contributed by atoms with Crippen LogP contribution in [0.1, 0.15) is 9.67 Å². The average Bonchev–Trinajstić information content (AvgIpc) is 3.68. The van der Waals surface area contributed by atoms with Gasteiger partial charge in [-0.05, 0) is 48.5 Å². The smallest absolute Gasteiger partial charge is 0.324 e. The zero-order chi connectivity index (χ0) is 25.5. The van der Waals surface area contributed by atoms with E-state index in [2.05, 4.69) is 20.4 Å². The molecular weight excluding hydrogens is 514 g/mol. The molecule has 0 bridgehead atoms. The monoisotopic (exact) mass is 529 g/mol. The number of methoxy groups -OCH3 is 1. The number of nitrogens with zero attached hydrogens (tertiary/aromatic N) is 6. The van der Waals surface area contributed by atoms with E-state index in [0.717, 1.165) is 27.2 Å². The fourth-order valence-electron chi connectivity index (χ4n) is 3.76. The summed E-state index contributed by atoms with van der Waals surface area (Å²) in [5.74, 6) is 0.783. The third kappa shape index (κ3) is 4.15. The molecule has 0 atom stereocenters. The number of amides is 1. The van der Waals surface area contributed by atoms with Gasteiger partial charge in [-0.2, -0.15) is 5.10 Å². The van der Waals surface area contributed by atoms with Crippen LogP contribution in [-0.2, 0) is 0 Å². The van der Waals surface area contributed by atoms with Gasteiger partial charge in [-0.25, -0.2) is 19.6 Å². The van der Waals surface area contributed by atoms with E-state index < -0.39 is 10.8 Å². The third-order valence-electron chi connectivity index (χ3n) is 5.56. The van der Waals surface area contributed by atoms with Gasteiger partial charge in [-0.15, -0.1) is 11.3 Å². The van der Waals surface area contributed by atoms with Crippen LogP contribution in [0, 0.1) is 10.1 Å². The number of hydrogen-bond acceptors (Lipinski definition) is 10. The van der Waals surface area contributed by atoms with Crippen LogP contribution in [0.4, 0.5) is 10.8 Å². The molecule has 0 radical (unpaired) electrons. The molecule has 0 unspecified atom stereocenters. The van der Waals surface area contributed by atoms with Crippen molar-refractivity contribution >= 4 is 60.6 Å². The number of anilines is 1. The highest BCUT2D eigenvalue weighted by atomic mass is 32.1. The number of aromatic nitrogens is 5. The van der Waals surface area contributed by atoms with Gasteiger partial charge in [0.25, 0.3) is 5.91 Å². The van der Waals surface area contributed by atoms with Crippen molar-refractivity contribution in [1.82, 2.24) is 24.7 Å². The first kappa shape index (κ1) is 22.7. The van der Waals surface area contributed by atoms with Crippen LogP contribution >= 0.6 is 22.7 Å². The predicted octanol–water partition coefficient (Wildman–Crippen LogP) is 5.32. The topological polar surface area (TPSA) is 138 Å². The number of nitro groups is 1. The second-order valence-electron chi connectivity index (χ2n) is 7.77. The number of carbonyl (C=O) groups excluding carboxylic acids is 1. The Morgan fingerprint density at radius 1 is 1.11 bits per heavy atom. The van der Waals surface area contributed by atoms with Crippen molar-refractivity contribution in [1.29, 1.82) is 0 Å². The van der Waals surface area contributed by atoms with Crippen molar-refractivity contribution in [2.24, 2.45) is 0 Å². The van der Waals surface area contributed by atoms with E-state index >= 15 is 0 Å². The van der Waals surface area contributed by atoms with Crippen molar-refractivity contribution in [2.75, 3.05) is 12.4 Å². The molecule has 6 aromatic rings. The summed E-state index contributed by atoms with van der Waals surface area (Å²) in [4.78, 5) is 37.5. The van der Waals surface area contributed by atoms with Gasteiger partial charge in [0.1, 0.15) is 11.6 Å². The Morgan fingerprint density at radius 2 is 1.95 bits per heavy atom. The van der Waals surface area contributed by atoms with E-state index in [1.807, 2.05) is 42.5 Å². The van der Waals surface area contributed by atoms with E-state index in [1.165, 1.54) is 23.5 Å². The number of thiazole rings is 1. The maximum atomic E-state index is 13.0. The number of rotatable bonds is 6. The molecule has 4 aromatic heterocycles. The second-order valence-corrected chi connectivity index (χ2v) is 9.72. The Morgan fingerprint density at radius 3 is 2.70 bits per heavy atom. The minimum absolute atomic E-state index is 0.123. The summed E-state index contributed by atoms with van der Waals surface area (Å²) in [7, 11) is 1.59. The Bertz CT molecular complexity index is 1810. The molecule has 37 heavy (non-hydrogen) atoms. The molecule has 6 rings (SSSR count). The SMILES string of the molecule is COc1ccc(-n2ncc3c(NC(=O)c4ccc([N+](=O)[O-])s4)nc(-c4ccc5scnc5c4)nc32)cc1. The van der Waals surface area contributed by atoms with Crippen LogP contribution in [0.2, 0.25) is 0 Å². The number of benzene rings is 2. The maximum Gasteiger partial charge on any atom is 0.324 e. The van der Waals surface area contributed by atoms with Crippen LogP contribution in [0.5, 0.6) is 5.75 Å². The lowest BCUT2D eigenvalue weighted by Crippen LogP contribution is -2.12. The van der Waals surface area contributed by atoms with Crippen LogP contribution in [0.25, 0.3) is 38.3 Å². The summed E-state index contributed by atoms with van der Waals surface area (Å²) < 4.78 is 7.93. The van der Waals surface area contributed by atoms with Gasteiger partial charge >= 0.3 is 5.00 Å². The summed E-state index contributed by atoms with van der Waals surface area (Å²) >= 11 is 2.32. The summed E-state index contributed by atoms with van der Waals surface area (Å²) in [5, 5.41) is 18.7. The molecule has 0 aliphatic rings. The van der Waals surface area contributed by atoms with E-state index in [-0.39, 0.29) is 15.7 Å². The summed E-state index contributed by atoms with van der Waals surface area (Å²) in [6.07, 6.45) is 1.57. The zero-order valence-corrected chi connectivity index (χ0v) is 20.6. The molecule has 4 heterocycles. The third-order valence-corrected chi connectivity index (χ3v) is 7.41. The zero-order valence-electron chi connectivity index (χ0n) is 19.0. The molecule has 0 saturated carbocycles. The number of fused-ring (bicyclic) bond motifs is 2. The molecule has 0 saturated heterocycles. The second kappa shape index (κ2) is 9.04. The van der Waals surface area contributed by atoms with Gasteiger partial charge in [0.2, 0.25) is 0 Å². The number of nitrogens with one attached hydrogen (secondary N) is 1. The molecule has 2 aromatic carbocycles. The first-order valence-corrected chi connectivity index (χ1v) is 12.5. The summed E-state index contributed by atoms with van der Waals surface area (Å²) in [6, 6.07) is 15.7. The highest BCUT2D eigenvalue weighted by molar-refractivity contribution is 7.17. The van der Waals surface area contributed by atoms with Gasteiger partial charge in [0.05, 0.1) is 49.9 Å². The van der Waals surface area contributed by atoms with Crippen molar-refractivity contribution in [3.63, 3.8) is 0 Å². The molecule has 13 heteroatoms. The molecule has 11 nitrogen and oxygen atoms in total. The van der Waals surface area contributed by atoms with Gasteiger partial charge in [-0.1, -0.05) is 11.3 Å². The van der Waals surface area contributed by atoms with E-state index in [4.69, 9.17) is 9.72 Å². The Balaban J connectivity index is 1.48. The molecule has 1 amide bonds. The van der Waals surface area contributed by atoms with E-state index in [1.54, 1.807) is 23.5 Å². The van der Waals surface area contributed by atoms with Gasteiger partial charge in [0.15, 0.2) is 11.5 Å². The lowest BCUT2D eigenvalue weighted by Gasteiger charge is -2.09. The maximum absolute atomic E-state index is 13.0. The molecular formula is C24H15N7O4S2. The van der Waals surface area contributed by atoms with Crippen molar-refractivity contribution in [3.05, 3.63) is 81.3 Å². The largest absolute Gasteiger partial charge is 0.497 e. The minimum atomic E-state index is -0.532. The molecule has 1 N–H and O–H groups in total. The standard InChI is InChI=1S/C24H15N7O4S2/c1-35-15-5-3-14(4-6-15)30-23-16(11-26-30)22(29-24(32)19-8-9-20(37-19)31(33)34)27-21(28-23)13-2-7-18-17(10-13)25-12-36-18/h2-12H,1H3,(H,27,28,29,32). The van der Waals surface area contributed by atoms with Gasteiger partial charge in [-0.3, -0.25) is 14.9 Å². The van der Waals surface area contributed by atoms with Crippen molar-refractivity contribution in [2.45, 2.75) is 0 Å². The van der Waals surface area contributed by atoms with Crippen LogP contribution in [-0.4, -0.2) is 42.7 Å². The molecule has 0 aliphatic carbocycles. The lowest BCUT2D eigenvalue weighted by atomic mass is 10.2. The highest BCUT2D eigenvalue weighted by Gasteiger charge is 2.20. The first-order chi connectivity index (χ1) is 18.0. The van der Waals surface area contributed by atoms with Gasteiger partial charge < -0.3 is 10.1 Å². The molecule has 182 valence electrons. The van der Waals surface area contributed by atoms with Crippen molar-refractivity contribution in [3.8, 4) is 22.8 Å². The number of thiophene rings is 1. The lowest BCUT2D eigenvalue weighted by molar-refractivity contribution is -0.380.